The highest BCUT2D eigenvalue weighted by molar-refractivity contribution is 7.18. The lowest BCUT2D eigenvalue weighted by atomic mass is 10.1. The molecule has 2 aromatic heterocycles. The molecule has 0 radical (unpaired) electrons. The molecular weight excluding hydrogens is 454 g/mol. The molecular formula is C25H23N3O5S. The van der Waals surface area contributed by atoms with Crippen LogP contribution in [0.25, 0.3) is 21.6 Å². The zero-order chi connectivity index (χ0) is 23.7. The van der Waals surface area contributed by atoms with Gasteiger partial charge in [0.1, 0.15) is 17.3 Å². The fraction of sp³-hybridized carbons (Fsp3) is 0.280. The van der Waals surface area contributed by atoms with Crippen LogP contribution in [0.15, 0.2) is 47.3 Å². The molecule has 0 spiro atoms. The van der Waals surface area contributed by atoms with Gasteiger partial charge in [0.15, 0.2) is 11.5 Å². The van der Waals surface area contributed by atoms with Crippen LogP contribution < -0.4 is 15.0 Å². The number of aryl methyl sites for hydroxylation is 2. The van der Waals surface area contributed by atoms with Crippen molar-refractivity contribution in [3.63, 3.8) is 0 Å². The number of thiophene rings is 1. The van der Waals surface area contributed by atoms with Gasteiger partial charge in [-0.1, -0.05) is 6.42 Å². The highest BCUT2D eigenvalue weighted by atomic mass is 32.1. The summed E-state index contributed by atoms with van der Waals surface area (Å²) in [6, 6.07) is 11.6. The van der Waals surface area contributed by atoms with Gasteiger partial charge in [0.25, 0.3) is 11.2 Å². The number of methoxy groups -OCH3 is 1. The van der Waals surface area contributed by atoms with Crippen molar-refractivity contribution < 1.29 is 14.4 Å². The van der Waals surface area contributed by atoms with Gasteiger partial charge in [-0.15, -0.1) is 11.3 Å². The smallest absolute Gasteiger partial charge is 0.269 e. The van der Waals surface area contributed by atoms with Crippen molar-refractivity contribution in [3.8, 4) is 22.9 Å². The van der Waals surface area contributed by atoms with Gasteiger partial charge in [0, 0.05) is 22.6 Å². The average molecular weight is 478 g/mol. The number of H-pyrrole nitrogens is 1. The summed E-state index contributed by atoms with van der Waals surface area (Å²) >= 11 is 1.63. The van der Waals surface area contributed by atoms with E-state index >= 15 is 0 Å². The summed E-state index contributed by atoms with van der Waals surface area (Å²) in [5.41, 5.74) is 2.63. The van der Waals surface area contributed by atoms with Crippen molar-refractivity contribution in [1.82, 2.24) is 9.97 Å². The molecule has 1 aliphatic rings. The molecule has 2 aromatic carbocycles. The number of nitrogens with zero attached hydrogens (tertiary/aromatic N) is 2. The molecule has 0 aliphatic heterocycles. The van der Waals surface area contributed by atoms with Crippen LogP contribution in [0, 0.1) is 10.1 Å². The van der Waals surface area contributed by atoms with Crippen LogP contribution in [-0.2, 0) is 19.4 Å². The van der Waals surface area contributed by atoms with Crippen molar-refractivity contribution in [2.45, 2.75) is 38.7 Å². The summed E-state index contributed by atoms with van der Waals surface area (Å²) < 4.78 is 11.4. The minimum Gasteiger partial charge on any atom is -0.493 e. The summed E-state index contributed by atoms with van der Waals surface area (Å²) in [4.78, 5) is 33.2. The van der Waals surface area contributed by atoms with E-state index in [1.165, 1.54) is 29.0 Å². The Morgan fingerprint density at radius 2 is 1.88 bits per heavy atom. The highest BCUT2D eigenvalue weighted by Gasteiger charge is 2.20. The van der Waals surface area contributed by atoms with Gasteiger partial charge in [-0.05, 0) is 67.1 Å². The summed E-state index contributed by atoms with van der Waals surface area (Å²) in [6.07, 6.45) is 5.42. The van der Waals surface area contributed by atoms with Gasteiger partial charge in [-0.3, -0.25) is 14.9 Å². The zero-order valence-corrected chi connectivity index (χ0v) is 19.4. The molecule has 2 heterocycles. The van der Waals surface area contributed by atoms with E-state index in [0.29, 0.717) is 17.3 Å². The number of nitro groups is 1. The van der Waals surface area contributed by atoms with Crippen molar-refractivity contribution in [1.29, 1.82) is 0 Å². The minimum absolute atomic E-state index is 0.0336. The van der Waals surface area contributed by atoms with Crippen LogP contribution >= 0.6 is 11.3 Å². The van der Waals surface area contributed by atoms with Gasteiger partial charge in [-0.25, -0.2) is 4.98 Å². The molecule has 0 saturated heterocycles. The first-order valence-corrected chi connectivity index (χ1v) is 11.9. The van der Waals surface area contributed by atoms with Gasteiger partial charge < -0.3 is 14.5 Å². The molecule has 0 fully saturated rings. The molecule has 0 saturated carbocycles. The van der Waals surface area contributed by atoms with Crippen LogP contribution in [0.2, 0.25) is 0 Å². The molecule has 9 heteroatoms. The average Bonchev–Trinajstić information content (AvgIpc) is 3.04. The number of aromatic nitrogens is 2. The molecule has 0 amide bonds. The molecule has 174 valence electrons. The van der Waals surface area contributed by atoms with E-state index in [4.69, 9.17) is 14.5 Å². The topological polar surface area (TPSA) is 107 Å². The van der Waals surface area contributed by atoms with E-state index in [1.54, 1.807) is 42.7 Å². The van der Waals surface area contributed by atoms with Crippen LogP contribution in [-0.4, -0.2) is 22.0 Å². The largest absolute Gasteiger partial charge is 0.493 e. The van der Waals surface area contributed by atoms with Gasteiger partial charge in [0.05, 0.1) is 17.4 Å². The first kappa shape index (κ1) is 22.1. The lowest BCUT2D eigenvalue weighted by Gasteiger charge is -2.12. The predicted molar refractivity (Wildman–Crippen MR) is 131 cm³/mol. The number of benzene rings is 2. The number of non-ortho nitro benzene ring substituents is 1. The second-order valence-corrected chi connectivity index (χ2v) is 9.32. The van der Waals surface area contributed by atoms with Crippen molar-refractivity contribution >= 4 is 27.2 Å². The molecule has 8 nitrogen and oxygen atoms in total. The fourth-order valence-corrected chi connectivity index (χ4v) is 5.55. The third-order valence-electron chi connectivity index (χ3n) is 6.05. The Kier molecular flexibility index (Phi) is 6.02. The molecule has 5 rings (SSSR count). The number of nitrogens with one attached hydrogen (secondary N) is 1. The first-order valence-electron chi connectivity index (χ1n) is 11.1. The van der Waals surface area contributed by atoms with E-state index in [2.05, 4.69) is 4.98 Å². The number of rotatable bonds is 6. The third-order valence-corrected chi connectivity index (χ3v) is 7.24. The lowest BCUT2D eigenvalue weighted by molar-refractivity contribution is -0.384. The quantitative estimate of drug-likeness (QED) is 0.226. The molecule has 4 aromatic rings. The van der Waals surface area contributed by atoms with Crippen LogP contribution in [0.1, 0.15) is 35.3 Å². The maximum absolute atomic E-state index is 13.0. The summed E-state index contributed by atoms with van der Waals surface area (Å²) in [6.45, 7) is 0.232. The summed E-state index contributed by atoms with van der Waals surface area (Å²) in [5, 5.41) is 11.6. The van der Waals surface area contributed by atoms with Crippen LogP contribution in [0.4, 0.5) is 5.69 Å². The molecule has 0 unspecified atom stereocenters. The van der Waals surface area contributed by atoms with Crippen molar-refractivity contribution in [2.24, 2.45) is 0 Å². The zero-order valence-electron chi connectivity index (χ0n) is 18.6. The minimum atomic E-state index is -0.436. The first-order chi connectivity index (χ1) is 16.5. The molecule has 34 heavy (non-hydrogen) atoms. The maximum Gasteiger partial charge on any atom is 0.269 e. The second kappa shape index (κ2) is 9.26. The number of nitro benzene ring substituents is 1. The molecule has 0 bridgehead atoms. The predicted octanol–water partition coefficient (Wildman–Crippen LogP) is 5.42. The molecule has 0 atom stereocenters. The van der Waals surface area contributed by atoms with E-state index in [9.17, 15) is 14.9 Å². The Morgan fingerprint density at radius 3 is 2.65 bits per heavy atom. The number of hydrogen-bond acceptors (Lipinski definition) is 7. The van der Waals surface area contributed by atoms with Crippen molar-refractivity contribution in [3.05, 3.63) is 78.9 Å². The Morgan fingerprint density at radius 1 is 1.09 bits per heavy atom. The van der Waals surface area contributed by atoms with Gasteiger partial charge in [0.2, 0.25) is 0 Å². The monoisotopic (exact) mass is 477 g/mol. The van der Waals surface area contributed by atoms with Crippen molar-refractivity contribution in [2.75, 3.05) is 7.11 Å². The molecule has 1 aliphatic carbocycles. The summed E-state index contributed by atoms with van der Waals surface area (Å²) in [7, 11) is 1.55. The normalized spacial score (nSPS) is 13.3. The van der Waals surface area contributed by atoms with E-state index in [0.717, 1.165) is 47.0 Å². The highest BCUT2D eigenvalue weighted by Crippen LogP contribution is 2.35. The second-order valence-electron chi connectivity index (χ2n) is 8.24. The Labute approximate surface area is 199 Å². The number of hydrogen-bond donors (Lipinski definition) is 1. The maximum atomic E-state index is 13.0. The number of aromatic amines is 1. The Bertz CT molecular complexity index is 1430. The standard InChI is InChI=1S/C25H23N3O5S/c1-32-20-13-16(9-12-19(20)33-14-15-7-10-17(11-8-15)28(30)31)23-26-24(29)22-18-5-3-2-4-6-21(18)34-25(22)27-23/h7-13H,2-6,14H2,1H3,(H,26,27,29). The van der Waals surface area contributed by atoms with E-state index < -0.39 is 4.92 Å². The number of ether oxygens (including phenoxy) is 2. The third kappa shape index (κ3) is 4.26. The van der Waals surface area contributed by atoms with Gasteiger partial charge in [-0.2, -0.15) is 0 Å². The van der Waals surface area contributed by atoms with Crippen LogP contribution in [0.5, 0.6) is 11.5 Å². The number of fused-ring (bicyclic) bond motifs is 3. The Balaban J connectivity index is 1.41. The SMILES string of the molecule is COc1cc(-c2nc3sc4c(c3c(=O)[nH]2)CCCCC4)ccc1OCc1ccc([N+](=O)[O-])cc1. The van der Waals surface area contributed by atoms with Crippen LogP contribution in [0.3, 0.4) is 0 Å². The van der Waals surface area contributed by atoms with E-state index in [-0.39, 0.29) is 17.9 Å². The fourth-order valence-electron chi connectivity index (χ4n) is 4.29. The molecule has 1 N–H and O–H groups in total. The van der Waals surface area contributed by atoms with Gasteiger partial charge >= 0.3 is 0 Å². The lowest BCUT2D eigenvalue weighted by Crippen LogP contribution is -2.10. The summed E-state index contributed by atoms with van der Waals surface area (Å²) in [5.74, 6) is 1.52. The Hall–Kier alpha value is -3.72. The van der Waals surface area contributed by atoms with E-state index in [1.807, 2.05) is 6.07 Å².